The van der Waals surface area contributed by atoms with E-state index in [-0.39, 0.29) is 24.3 Å². The van der Waals surface area contributed by atoms with Crippen molar-refractivity contribution in [2.45, 2.75) is 18.4 Å². The monoisotopic (exact) mass is 361 g/mol. The number of esters is 1. The molecule has 1 fully saturated rings. The Balaban J connectivity index is 2.27. The van der Waals surface area contributed by atoms with E-state index in [9.17, 15) is 13.2 Å². The zero-order chi connectivity index (χ0) is 14.8. The van der Waals surface area contributed by atoms with Crippen molar-refractivity contribution in [3.8, 4) is 0 Å². The number of rotatable bonds is 3. The minimum atomic E-state index is -3.05. The summed E-state index contributed by atoms with van der Waals surface area (Å²) in [6.07, 6.45) is 0.434. The first-order valence-electron chi connectivity index (χ1n) is 6.19. The molecule has 0 saturated carbocycles. The molecule has 1 aromatic carbocycles. The minimum absolute atomic E-state index is 0.0108. The summed E-state index contributed by atoms with van der Waals surface area (Å²) in [7, 11) is -1.74. The number of hydrogen-bond acceptors (Lipinski definition) is 5. The van der Waals surface area contributed by atoms with Gasteiger partial charge in [-0.3, -0.25) is 0 Å². The quantitative estimate of drug-likeness (QED) is 0.833. The van der Waals surface area contributed by atoms with E-state index in [1.165, 1.54) is 7.11 Å². The van der Waals surface area contributed by atoms with E-state index in [1.807, 2.05) is 24.3 Å². The van der Waals surface area contributed by atoms with Crippen LogP contribution in [0.2, 0.25) is 0 Å². The highest BCUT2D eigenvalue weighted by Gasteiger charge is 2.44. The Bertz CT molecular complexity index is 601. The van der Waals surface area contributed by atoms with Crippen LogP contribution in [-0.4, -0.2) is 38.5 Å². The molecule has 1 heterocycles. The molecule has 1 N–H and O–H groups in total. The number of sulfone groups is 1. The molecule has 5 nitrogen and oxygen atoms in total. The van der Waals surface area contributed by atoms with Crippen molar-refractivity contribution in [3.63, 3.8) is 0 Å². The summed E-state index contributed by atoms with van der Waals surface area (Å²) in [6.45, 7) is 0. The molecule has 0 atom stereocenters. The van der Waals surface area contributed by atoms with Gasteiger partial charge in [0.2, 0.25) is 0 Å². The van der Waals surface area contributed by atoms with E-state index in [4.69, 9.17) is 4.74 Å². The van der Waals surface area contributed by atoms with E-state index in [0.717, 1.165) is 10.2 Å². The topological polar surface area (TPSA) is 72.5 Å². The first-order valence-corrected chi connectivity index (χ1v) is 8.81. The van der Waals surface area contributed by atoms with Gasteiger partial charge in [-0.05, 0) is 31.0 Å². The van der Waals surface area contributed by atoms with Gasteiger partial charge in [0.25, 0.3) is 0 Å². The van der Waals surface area contributed by atoms with Gasteiger partial charge >= 0.3 is 5.97 Å². The van der Waals surface area contributed by atoms with E-state index in [0.29, 0.717) is 0 Å². The highest BCUT2D eigenvalue weighted by molar-refractivity contribution is 9.10. The average Bonchev–Trinajstić information content (AvgIpc) is 2.41. The fourth-order valence-electron chi connectivity index (χ4n) is 2.30. The van der Waals surface area contributed by atoms with Crippen LogP contribution in [0.25, 0.3) is 0 Å². The molecule has 0 unspecified atom stereocenters. The lowest BCUT2D eigenvalue weighted by Gasteiger charge is -2.35. The molecule has 1 aliphatic rings. The fourth-order valence-corrected chi connectivity index (χ4v) is 4.23. The molecule has 20 heavy (non-hydrogen) atoms. The maximum atomic E-state index is 12.1. The molecule has 0 aromatic heterocycles. The van der Waals surface area contributed by atoms with Gasteiger partial charge in [0.1, 0.15) is 5.54 Å². The van der Waals surface area contributed by atoms with Gasteiger partial charge in [-0.15, -0.1) is 0 Å². The van der Waals surface area contributed by atoms with E-state index >= 15 is 0 Å². The summed E-state index contributed by atoms with van der Waals surface area (Å²) < 4.78 is 28.9. The molecule has 0 amide bonds. The molecule has 2 rings (SSSR count). The molecular weight excluding hydrogens is 346 g/mol. The number of nitrogens with one attached hydrogen (secondary N) is 1. The Morgan fingerprint density at radius 2 is 2.00 bits per heavy atom. The summed E-state index contributed by atoms with van der Waals surface area (Å²) in [6, 6.07) is 7.39. The van der Waals surface area contributed by atoms with Crippen LogP contribution in [0.1, 0.15) is 12.8 Å². The number of carbonyl (C=O) groups excluding carboxylic acids is 1. The third kappa shape index (κ3) is 3.32. The van der Waals surface area contributed by atoms with Crippen LogP contribution in [0.5, 0.6) is 0 Å². The van der Waals surface area contributed by atoms with Gasteiger partial charge in [0, 0.05) is 10.2 Å². The lowest BCUT2D eigenvalue weighted by Crippen LogP contribution is -2.52. The maximum Gasteiger partial charge on any atom is 0.331 e. The van der Waals surface area contributed by atoms with Crippen LogP contribution in [0.15, 0.2) is 28.7 Å². The molecule has 0 bridgehead atoms. The first-order chi connectivity index (χ1) is 9.37. The zero-order valence-corrected chi connectivity index (χ0v) is 13.5. The van der Waals surface area contributed by atoms with Crippen molar-refractivity contribution < 1.29 is 17.9 Å². The van der Waals surface area contributed by atoms with Crippen molar-refractivity contribution in [2.24, 2.45) is 0 Å². The van der Waals surface area contributed by atoms with Gasteiger partial charge in [-0.25, -0.2) is 13.2 Å². The average molecular weight is 362 g/mol. The normalized spacial score (nSPS) is 20.1. The van der Waals surface area contributed by atoms with Crippen LogP contribution >= 0.6 is 15.9 Å². The molecule has 1 aliphatic heterocycles. The SMILES string of the molecule is COC(=O)C1(Nc2cccc(Br)c2)CCS(=O)(=O)CC1. The van der Waals surface area contributed by atoms with Crippen LogP contribution in [0.3, 0.4) is 0 Å². The van der Waals surface area contributed by atoms with Crippen molar-refractivity contribution >= 4 is 37.4 Å². The molecule has 110 valence electrons. The molecule has 1 aromatic rings. The predicted molar refractivity (Wildman–Crippen MR) is 80.4 cm³/mol. The number of methoxy groups -OCH3 is 1. The van der Waals surface area contributed by atoms with Crippen LogP contribution < -0.4 is 5.32 Å². The Kier molecular flexibility index (Phi) is 4.39. The number of carbonyl (C=O) groups is 1. The van der Waals surface area contributed by atoms with Gasteiger partial charge in [0.15, 0.2) is 9.84 Å². The van der Waals surface area contributed by atoms with Gasteiger partial charge < -0.3 is 10.1 Å². The minimum Gasteiger partial charge on any atom is -0.467 e. The summed E-state index contributed by atoms with van der Waals surface area (Å²) in [5, 5.41) is 3.15. The maximum absolute atomic E-state index is 12.1. The Morgan fingerprint density at radius 3 is 2.55 bits per heavy atom. The summed E-state index contributed by atoms with van der Waals surface area (Å²) in [5.41, 5.74) is -0.218. The highest BCUT2D eigenvalue weighted by Crippen LogP contribution is 2.30. The second-order valence-corrected chi connectivity index (χ2v) is 8.08. The molecule has 0 aliphatic carbocycles. The van der Waals surface area contributed by atoms with Crippen molar-refractivity contribution in [1.29, 1.82) is 0 Å². The van der Waals surface area contributed by atoms with Crippen molar-refractivity contribution in [1.82, 2.24) is 0 Å². The van der Waals surface area contributed by atoms with Gasteiger partial charge in [-0.1, -0.05) is 22.0 Å². The Labute approximate surface area is 126 Å². The number of hydrogen-bond donors (Lipinski definition) is 1. The summed E-state index contributed by atoms with van der Waals surface area (Å²) >= 11 is 3.36. The molecule has 1 saturated heterocycles. The second kappa shape index (κ2) is 5.73. The van der Waals surface area contributed by atoms with E-state index in [1.54, 1.807) is 0 Å². The largest absolute Gasteiger partial charge is 0.467 e. The smallest absolute Gasteiger partial charge is 0.331 e. The molecule has 0 radical (unpaired) electrons. The number of halogens is 1. The van der Waals surface area contributed by atoms with Crippen molar-refractivity contribution in [3.05, 3.63) is 28.7 Å². The van der Waals surface area contributed by atoms with E-state index < -0.39 is 21.3 Å². The second-order valence-electron chi connectivity index (χ2n) is 4.86. The molecule has 7 heteroatoms. The zero-order valence-electron chi connectivity index (χ0n) is 11.1. The van der Waals surface area contributed by atoms with Crippen molar-refractivity contribution in [2.75, 3.05) is 23.9 Å². The highest BCUT2D eigenvalue weighted by atomic mass is 79.9. The number of ether oxygens (including phenoxy) is 1. The molecular formula is C13H16BrNO4S. The fraction of sp³-hybridized carbons (Fsp3) is 0.462. The predicted octanol–water partition coefficient (Wildman–Crippen LogP) is 1.98. The molecule has 0 spiro atoms. The number of anilines is 1. The van der Waals surface area contributed by atoms with Gasteiger partial charge in [-0.2, -0.15) is 0 Å². The van der Waals surface area contributed by atoms with Gasteiger partial charge in [0.05, 0.1) is 18.6 Å². The third-order valence-electron chi connectivity index (χ3n) is 3.46. The third-order valence-corrected chi connectivity index (χ3v) is 5.61. The Hall–Kier alpha value is -1.08. The van der Waals surface area contributed by atoms with Crippen LogP contribution in [0, 0.1) is 0 Å². The standard InChI is InChI=1S/C13H16BrNO4S/c1-19-12(16)13(5-7-20(17,18)8-6-13)15-11-4-2-3-10(14)9-11/h2-4,9,15H,5-8H2,1H3. The number of benzene rings is 1. The first kappa shape index (κ1) is 15.3. The summed E-state index contributed by atoms with van der Waals surface area (Å²) in [5.74, 6) is -0.445. The van der Waals surface area contributed by atoms with E-state index in [2.05, 4.69) is 21.2 Å². The van der Waals surface area contributed by atoms with Crippen LogP contribution in [-0.2, 0) is 19.4 Å². The lowest BCUT2D eigenvalue weighted by atomic mass is 9.92. The lowest BCUT2D eigenvalue weighted by molar-refractivity contribution is -0.146. The van der Waals surface area contributed by atoms with Crippen LogP contribution in [0.4, 0.5) is 5.69 Å². The Morgan fingerprint density at radius 1 is 1.35 bits per heavy atom. The summed E-state index contributed by atoms with van der Waals surface area (Å²) in [4.78, 5) is 12.1.